The summed E-state index contributed by atoms with van der Waals surface area (Å²) >= 11 is 6.15. The molecule has 10 heteroatoms. The Balaban J connectivity index is 1.92. The average molecular weight is 400 g/mol. The van der Waals surface area contributed by atoms with Crippen molar-refractivity contribution in [3.05, 3.63) is 29.4 Å². The lowest BCUT2D eigenvalue weighted by Gasteiger charge is -2.19. The summed E-state index contributed by atoms with van der Waals surface area (Å²) in [6.07, 6.45) is 1.72. The highest BCUT2D eigenvalue weighted by Gasteiger charge is 2.34. The van der Waals surface area contributed by atoms with Crippen molar-refractivity contribution in [2.24, 2.45) is 0 Å². The number of aromatic nitrogens is 1. The number of fused-ring (bicyclic) bond motifs is 1. The number of nitrogens with one attached hydrogen (secondary N) is 1. The summed E-state index contributed by atoms with van der Waals surface area (Å²) in [5.41, 5.74) is 0. The molecule has 2 aromatic rings. The molecular formula is C16H18ClN3O5S. The van der Waals surface area contributed by atoms with Crippen LogP contribution in [0.15, 0.2) is 29.3 Å². The van der Waals surface area contributed by atoms with E-state index in [1.54, 1.807) is 6.07 Å². The lowest BCUT2D eigenvalue weighted by molar-refractivity contribution is -0.125. The lowest BCUT2D eigenvalue weighted by atomic mass is 10.2. The number of rotatable bonds is 5. The number of ether oxygens (including phenoxy) is 1. The van der Waals surface area contributed by atoms with Gasteiger partial charge >= 0.3 is 0 Å². The molecule has 1 saturated heterocycles. The monoisotopic (exact) mass is 399 g/mol. The third kappa shape index (κ3) is 3.48. The highest BCUT2D eigenvalue weighted by molar-refractivity contribution is 7.89. The maximum atomic E-state index is 13.1. The molecule has 0 bridgehead atoms. The molecule has 1 aromatic carbocycles. The van der Waals surface area contributed by atoms with Gasteiger partial charge in [0, 0.05) is 37.0 Å². The van der Waals surface area contributed by atoms with Gasteiger partial charge in [-0.15, -0.1) is 0 Å². The van der Waals surface area contributed by atoms with Crippen LogP contribution in [0.3, 0.4) is 0 Å². The second-order valence-corrected chi connectivity index (χ2v) is 8.27. The van der Waals surface area contributed by atoms with Crippen molar-refractivity contribution in [2.45, 2.75) is 17.4 Å². The van der Waals surface area contributed by atoms with Crippen molar-refractivity contribution in [3.63, 3.8) is 0 Å². The number of methoxy groups -OCH3 is 1. The number of sulfonamides is 1. The third-order valence-corrected chi connectivity index (χ3v) is 6.41. The first-order valence-corrected chi connectivity index (χ1v) is 9.71. The normalized spacial score (nSPS) is 18.3. The van der Waals surface area contributed by atoms with Crippen LogP contribution in [0.5, 0.6) is 5.88 Å². The molecule has 0 radical (unpaired) electrons. The van der Waals surface area contributed by atoms with Gasteiger partial charge in [0.2, 0.25) is 21.8 Å². The summed E-state index contributed by atoms with van der Waals surface area (Å²) in [5.74, 6) is -0.575. The van der Waals surface area contributed by atoms with Gasteiger partial charge in [-0.05, 0) is 18.6 Å². The Kier molecular flexibility index (Phi) is 5.33. The number of nitrogens with zero attached hydrogens (tertiary/aromatic N) is 2. The molecule has 8 nitrogen and oxygen atoms in total. The maximum absolute atomic E-state index is 13.1. The number of hydrogen-bond acceptors (Lipinski definition) is 6. The number of benzene rings is 1. The van der Waals surface area contributed by atoms with Crippen LogP contribution in [0.2, 0.25) is 5.02 Å². The fourth-order valence-corrected chi connectivity index (χ4v) is 5.07. The summed E-state index contributed by atoms with van der Waals surface area (Å²) < 4.78 is 32.3. The van der Waals surface area contributed by atoms with Crippen LogP contribution >= 0.6 is 11.6 Å². The standard InChI is InChI=1S/C16H18ClN3O5S/c1-25-9-14(21)19-10-5-6-20(8-10)26(23,24)13-4-2-3-11-15(13)12(17)7-18-16(11)22/h2-4,7,10H,5-6,8-9H2,1H3,(H,18,22)(H,19,21). The van der Waals surface area contributed by atoms with Crippen molar-refractivity contribution in [1.29, 1.82) is 0 Å². The Morgan fingerprint density at radius 1 is 1.50 bits per heavy atom. The third-order valence-electron chi connectivity index (χ3n) is 4.22. The van der Waals surface area contributed by atoms with E-state index in [-0.39, 0.29) is 58.2 Å². The first-order valence-electron chi connectivity index (χ1n) is 7.89. The first-order chi connectivity index (χ1) is 12.3. The van der Waals surface area contributed by atoms with Crippen molar-refractivity contribution >= 4 is 38.3 Å². The molecular weight excluding hydrogens is 382 g/mol. The van der Waals surface area contributed by atoms with Crippen molar-refractivity contribution in [1.82, 2.24) is 14.6 Å². The smallest absolute Gasteiger partial charge is 0.246 e. The van der Waals surface area contributed by atoms with Gasteiger partial charge in [-0.25, -0.2) is 13.4 Å². The van der Waals surface area contributed by atoms with Gasteiger partial charge in [-0.1, -0.05) is 17.7 Å². The maximum Gasteiger partial charge on any atom is 0.246 e. The van der Waals surface area contributed by atoms with Crippen LogP contribution < -0.4 is 5.32 Å². The Labute approximate surface area is 155 Å². The van der Waals surface area contributed by atoms with Gasteiger partial charge in [0.05, 0.1) is 16.1 Å². The van der Waals surface area contributed by atoms with Crippen LogP contribution in [0.25, 0.3) is 10.8 Å². The molecule has 3 rings (SSSR count). The molecule has 1 atom stereocenters. The number of hydrogen-bond donors (Lipinski definition) is 2. The van der Waals surface area contributed by atoms with E-state index in [1.165, 1.54) is 29.7 Å². The summed E-state index contributed by atoms with van der Waals surface area (Å²) in [4.78, 5) is 15.4. The summed E-state index contributed by atoms with van der Waals surface area (Å²) in [7, 11) is -2.44. The molecule has 140 valence electrons. The number of carbonyl (C=O) groups excluding carboxylic acids is 1. The number of carbonyl (C=O) groups is 1. The van der Waals surface area contributed by atoms with Crippen LogP contribution in [-0.2, 0) is 19.6 Å². The van der Waals surface area contributed by atoms with Gasteiger partial charge < -0.3 is 15.2 Å². The molecule has 1 aromatic heterocycles. The molecule has 0 saturated carbocycles. The zero-order valence-electron chi connectivity index (χ0n) is 14.0. The minimum absolute atomic E-state index is 0.00145. The first kappa shape index (κ1) is 18.8. The molecule has 1 aliphatic heterocycles. The molecule has 2 N–H and O–H groups in total. The Hall–Kier alpha value is -1.94. The molecule has 26 heavy (non-hydrogen) atoms. The second-order valence-electron chi connectivity index (χ2n) is 5.96. The van der Waals surface area contributed by atoms with Gasteiger partial charge in [0.25, 0.3) is 0 Å². The van der Waals surface area contributed by atoms with E-state index in [0.717, 1.165) is 0 Å². The largest absolute Gasteiger partial charge is 0.493 e. The topological polar surface area (TPSA) is 109 Å². The van der Waals surface area contributed by atoms with Crippen LogP contribution in [-0.4, -0.2) is 61.6 Å². The molecule has 2 heterocycles. The van der Waals surface area contributed by atoms with E-state index in [9.17, 15) is 18.3 Å². The zero-order valence-corrected chi connectivity index (χ0v) is 15.5. The fraction of sp³-hybridized carbons (Fsp3) is 0.375. The molecule has 0 aliphatic carbocycles. The highest BCUT2D eigenvalue weighted by Crippen LogP contribution is 2.35. The van der Waals surface area contributed by atoms with E-state index in [0.29, 0.717) is 6.42 Å². The van der Waals surface area contributed by atoms with E-state index in [4.69, 9.17) is 16.3 Å². The van der Waals surface area contributed by atoms with E-state index < -0.39 is 10.0 Å². The van der Waals surface area contributed by atoms with Gasteiger partial charge in [0.1, 0.15) is 6.61 Å². The minimum atomic E-state index is -3.86. The SMILES string of the molecule is COCC(=O)NC1CCN(S(=O)(=O)c2cccc3c(O)ncc(Cl)c23)C1. The Morgan fingerprint density at radius 2 is 2.27 bits per heavy atom. The Bertz CT molecular complexity index is 950. The van der Waals surface area contributed by atoms with Gasteiger partial charge in [0.15, 0.2) is 0 Å². The summed E-state index contributed by atoms with van der Waals surface area (Å²) in [6, 6.07) is 4.24. The number of amides is 1. The van der Waals surface area contributed by atoms with Gasteiger partial charge in [-0.2, -0.15) is 4.31 Å². The molecule has 1 amide bonds. The van der Waals surface area contributed by atoms with Crippen LogP contribution in [0, 0.1) is 0 Å². The van der Waals surface area contributed by atoms with Crippen LogP contribution in [0.1, 0.15) is 6.42 Å². The lowest BCUT2D eigenvalue weighted by Crippen LogP contribution is -2.40. The van der Waals surface area contributed by atoms with E-state index >= 15 is 0 Å². The highest BCUT2D eigenvalue weighted by atomic mass is 35.5. The van der Waals surface area contributed by atoms with Crippen molar-refractivity contribution < 1.29 is 23.1 Å². The predicted octanol–water partition coefficient (Wildman–Crippen LogP) is 1.12. The number of aromatic hydroxyl groups is 1. The molecule has 1 unspecified atom stereocenters. The molecule has 1 aliphatic rings. The average Bonchev–Trinajstić information content (AvgIpc) is 3.07. The number of pyridine rings is 1. The zero-order chi connectivity index (χ0) is 18.9. The summed E-state index contributed by atoms with van der Waals surface area (Å²) in [6.45, 7) is 0.350. The minimum Gasteiger partial charge on any atom is -0.493 e. The van der Waals surface area contributed by atoms with Gasteiger partial charge in [-0.3, -0.25) is 4.79 Å². The predicted molar refractivity (Wildman–Crippen MR) is 95.6 cm³/mol. The fourth-order valence-electron chi connectivity index (χ4n) is 3.03. The van der Waals surface area contributed by atoms with Crippen molar-refractivity contribution in [3.8, 4) is 5.88 Å². The van der Waals surface area contributed by atoms with E-state index in [1.807, 2.05) is 0 Å². The summed E-state index contributed by atoms with van der Waals surface area (Å²) in [5, 5.41) is 13.3. The quantitative estimate of drug-likeness (QED) is 0.779. The molecule has 1 fully saturated rings. The second kappa shape index (κ2) is 7.36. The Morgan fingerprint density at radius 3 is 3.00 bits per heavy atom. The van der Waals surface area contributed by atoms with E-state index in [2.05, 4.69) is 10.3 Å². The van der Waals surface area contributed by atoms with Crippen LogP contribution in [0.4, 0.5) is 0 Å². The molecule has 0 spiro atoms. The van der Waals surface area contributed by atoms with Crippen molar-refractivity contribution in [2.75, 3.05) is 26.8 Å². The number of halogens is 1.